The summed E-state index contributed by atoms with van der Waals surface area (Å²) >= 11 is 0. The van der Waals surface area contributed by atoms with Crippen LogP contribution in [0, 0.1) is 0 Å². The Kier molecular flexibility index (Phi) is 4.81. The molecule has 0 bridgehead atoms. The maximum atomic E-state index is 13.2. The standard InChI is InChI=1S/C28H21N3O6/c1-4-31-26(35)19-12-21-22(13-20(19)27(31)36)28(30(3)25(21)34)37-14-9-10-16-15-7-5-6-8-17(15)23(32)29(2)24(33)18(16)11-14/h5-13,28H,4H2,1-3H3. The minimum atomic E-state index is -0.878. The first-order valence-corrected chi connectivity index (χ1v) is 11.8. The van der Waals surface area contributed by atoms with Crippen molar-refractivity contribution in [3.05, 3.63) is 97.6 Å². The van der Waals surface area contributed by atoms with Crippen LogP contribution in [-0.2, 0) is 7.05 Å². The molecule has 4 aromatic rings. The van der Waals surface area contributed by atoms with Crippen molar-refractivity contribution in [1.82, 2.24) is 14.4 Å². The lowest BCUT2D eigenvalue weighted by molar-refractivity contribution is 0.0424. The second-order valence-electron chi connectivity index (χ2n) is 9.15. The molecule has 1 unspecified atom stereocenters. The van der Waals surface area contributed by atoms with Crippen molar-refractivity contribution in [3.63, 3.8) is 0 Å². The molecule has 0 fully saturated rings. The molecule has 0 spiro atoms. The summed E-state index contributed by atoms with van der Waals surface area (Å²) in [7, 11) is 3.00. The van der Waals surface area contributed by atoms with Crippen LogP contribution in [0.25, 0.3) is 21.5 Å². The highest BCUT2D eigenvalue weighted by Gasteiger charge is 2.42. The summed E-state index contributed by atoms with van der Waals surface area (Å²) in [6.07, 6.45) is -0.878. The molecule has 3 heterocycles. The molecule has 9 heteroatoms. The molecule has 0 radical (unpaired) electrons. The summed E-state index contributed by atoms with van der Waals surface area (Å²) in [6.45, 7) is 1.94. The minimum absolute atomic E-state index is 0.204. The zero-order chi connectivity index (χ0) is 26.2. The van der Waals surface area contributed by atoms with Crippen molar-refractivity contribution in [2.75, 3.05) is 13.6 Å². The van der Waals surface area contributed by atoms with Crippen LogP contribution < -0.4 is 15.9 Å². The highest BCUT2D eigenvalue weighted by molar-refractivity contribution is 6.22. The first-order valence-electron chi connectivity index (χ1n) is 11.8. The summed E-state index contributed by atoms with van der Waals surface area (Å²) in [5.74, 6) is -0.868. The third-order valence-corrected chi connectivity index (χ3v) is 7.15. The number of aromatic nitrogens is 1. The lowest BCUT2D eigenvalue weighted by Gasteiger charge is -2.22. The molecule has 1 aromatic heterocycles. The molecule has 3 amide bonds. The molecule has 0 saturated heterocycles. The molecular formula is C28H21N3O6. The van der Waals surface area contributed by atoms with Crippen molar-refractivity contribution in [3.8, 4) is 5.75 Å². The highest BCUT2D eigenvalue weighted by atomic mass is 16.5. The third-order valence-electron chi connectivity index (χ3n) is 7.15. The Morgan fingerprint density at radius 3 is 2.03 bits per heavy atom. The van der Waals surface area contributed by atoms with Crippen molar-refractivity contribution in [2.24, 2.45) is 7.05 Å². The average Bonchev–Trinajstić information content (AvgIpc) is 3.26. The Morgan fingerprint density at radius 1 is 0.703 bits per heavy atom. The maximum Gasteiger partial charge on any atom is 0.261 e. The van der Waals surface area contributed by atoms with E-state index in [4.69, 9.17) is 4.74 Å². The maximum absolute atomic E-state index is 13.2. The molecule has 0 aliphatic carbocycles. The fourth-order valence-corrected chi connectivity index (χ4v) is 5.17. The van der Waals surface area contributed by atoms with Crippen molar-refractivity contribution >= 4 is 39.3 Å². The summed E-state index contributed by atoms with van der Waals surface area (Å²) in [5, 5.41) is 1.96. The number of hydrogen-bond acceptors (Lipinski definition) is 6. The highest BCUT2D eigenvalue weighted by Crippen LogP contribution is 2.38. The lowest BCUT2D eigenvalue weighted by atomic mass is 10.0. The fraction of sp³-hybridized carbons (Fsp3) is 0.179. The molecule has 37 heavy (non-hydrogen) atoms. The number of rotatable bonds is 3. The number of hydrogen-bond donors (Lipinski definition) is 0. The summed E-state index contributed by atoms with van der Waals surface area (Å²) in [6, 6.07) is 15.0. The first-order chi connectivity index (χ1) is 17.7. The van der Waals surface area contributed by atoms with E-state index in [9.17, 15) is 24.0 Å². The van der Waals surface area contributed by atoms with Gasteiger partial charge in [-0.1, -0.05) is 18.2 Å². The second-order valence-corrected chi connectivity index (χ2v) is 9.15. The van der Waals surface area contributed by atoms with Crippen LogP contribution >= 0.6 is 0 Å². The van der Waals surface area contributed by atoms with E-state index >= 15 is 0 Å². The Labute approximate surface area is 210 Å². The van der Waals surface area contributed by atoms with Gasteiger partial charge in [-0.3, -0.25) is 33.4 Å². The number of ether oxygens (including phenoxy) is 1. The molecule has 1 atom stereocenters. The van der Waals surface area contributed by atoms with Crippen LogP contribution in [0.3, 0.4) is 0 Å². The lowest BCUT2D eigenvalue weighted by Crippen LogP contribution is -2.29. The molecule has 9 nitrogen and oxygen atoms in total. The van der Waals surface area contributed by atoms with Gasteiger partial charge in [0.2, 0.25) is 6.23 Å². The molecule has 184 valence electrons. The van der Waals surface area contributed by atoms with E-state index in [-0.39, 0.29) is 29.1 Å². The summed E-state index contributed by atoms with van der Waals surface area (Å²) in [4.78, 5) is 66.9. The van der Waals surface area contributed by atoms with E-state index in [1.165, 1.54) is 18.0 Å². The molecule has 0 N–H and O–H groups in total. The van der Waals surface area contributed by atoms with Crippen molar-refractivity contribution in [1.29, 1.82) is 0 Å². The SMILES string of the molecule is CCN1C(=O)c2cc3c(cc2C1=O)C(Oc1ccc2c(c1)c(=O)n(C)c(=O)c1ccccc12)N(C)C3=O. The van der Waals surface area contributed by atoms with E-state index in [2.05, 4.69) is 0 Å². The van der Waals surface area contributed by atoms with E-state index in [0.29, 0.717) is 32.9 Å². The van der Waals surface area contributed by atoms with Crippen molar-refractivity contribution in [2.45, 2.75) is 13.2 Å². The van der Waals surface area contributed by atoms with Crippen LogP contribution in [0.1, 0.15) is 49.8 Å². The predicted octanol–water partition coefficient (Wildman–Crippen LogP) is 2.83. The summed E-state index contributed by atoms with van der Waals surface area (Å²) < 4.78 is 7.27. The van der Waals surface area contributed by atoms with E-state index in [0.717, 1.165) is 9.47 Å². The number of fused-ring (bicyclic) bond motifs is 5. The quantitative estimate of drug-likeness (QED) is 0.405. The number of nitrogens with zero attached hydrogens (tertiary/aromatic N) is 3. The van der Waals surface area contributed by atoms with Gasteiger partial charge in [0, 0.05) is 37.2 Å². The molecule has 2 aliphatic rings. The molecular weight excluding hydrogens is 474 g/mol. The fourth-order valence-electron chi connectivity index (χ4n) is 5.17. The molecule has 2 aliphatic heterocycles. The van der Waals surface area contributed by atoms with Gasteiger partial charge in [-0.25, -0.2) is 0 Å². The predicted molar refractivity (Wildman–Crippen MR) is 136 cm³/mol. The van der Waals surface area contributed by atoms with Gasteiger partial charge in [0.05, 0.1) is 16.5 Å². The Hall–Kier alpha value is -4.79. The van der Waals surface area contributed by atoms with Crippen LogP contribution in [0.4, 0.5) is 0 Å². The largest absolute Gasteiger partial charge is 0.466 e. The number of carbonyl (C=O) groups is 3. The van der Waals surface area contributed by atoms with E-state index in [1.807, 2.05) is 0 Å². The first kappa shape index (κ1) is 22.7. The number of imide groups is 1. The van der Waals surface area contributed by atoms with Crippen LogP contribution in [-0.4, -0.2) is 45.7 Å². The zero-order valence-corrected chi connectivity index (χ0v) is 20.3. The topological polar surface area (TPSA) is 106 Å². The Balaban J connectivity index is 1.49. The van der Waals surface area contributed by atoms with E-state index in [1.54, 1.807) is 62.5 Å². The zero-order valence-electron chi connectivity index (χ0n) is 20.3. The van der Waals surface area contributed by atoms with Crippen molar-refractivity contribution < 1.29 is 19.1 Å². The molecule has 6 rings (SSSR count). The van der Waals surface area contributed by atoms with Crippen LogP contribution in [0.15, 0.2) is 64.2 Å². The monoisotopic (exact) mass is 495 g/mol. The van der Waals surface area contributed by atoms with Gasteiger partial charge in [-0.05, 0) is 54.1 Å². The van der Waals surface area contributed by atoms with Gasteiger partial charge in [0.25, 0.3) is 28.8 Å². The smallest absolute Gasteiger partial charge is 0.261 e. The molecule has 0 saturated carbocycles. The van der Waals surface area contributed by atoms with Gasteiger partial charge in [0.15, 0.2) is 0 Å². The minimum Gasteiger partial charge on any atom is -0.466 e. The molecule has 3 aromatic carbocycles. The van der Waals surface area contributed by atoms with Gasteiger partial charge < -0.3 is 9.64 Å². The number of benzene rings is 3. The number of carbonyl (C=O) groups excluding carboxylic acids is 3. The second kappa shape index (κ2) is 7.86. The normalized spacial score (nSPS) is 16.6. The average molecular weight is 495 g/mol. The Morgan fingerprint density at radius 2 is 1.32 bits per heavy atom. The Bertz CT molecular complexity index is 1840. The van der Waals surface area contributed by atoms with Gasteiger partial charge in [-0.2, -0.15) is 0 Å². The van der Waals surface area contributed by atoms with Crippen LogP contribution in [0.5, 0.6) is 5.75 Å². The van der Waals surface area contributed by atoms with E-state index < -0.39 is 29.2 Å². The third kappa shape index (κ3) is 3.07. The van der Waals surface area contributed by atoms with Gasteiger partial charge >= 0.3 is 0 Å². The number of amides is 3. The summed E-state index contributed by atoms with van der Waals surface area (Å²) in [5.41, 5.74) is 0.314. The van der Waals surface area contributed by atoms with Gasteiger partial charge in [-0.15, -0.1) is 0 Å². The van der Waals surface area contributed by atoms with Gasteiger partial charge in [0.1, 0.15) is 5.75 Å². The van der Waals surface area contributed by atoms with Crippen LogP contribution in [0.2, 0.25) is 0 Å².